The van der Waals surface area contributed by atoms with Crippen LogP contribution in [-0.4, -0.2) is 41.3 Å². The maximum Gasteiger partial charge on any atom is 0.133 e. The Kier molecular flexibility index (Phi) is 9.47. The summed E-state index contributed by atoms with van der Waals surface area (Å²) < 4.78 is 6.54. The minimum atomic E-state index is -0.489. The maximum absolute atomic E-state index is 10.1. The number of para-hydroxylation sites is 1. The molecule has 1 rings (SSSR count). The van der Waals surface area contributed by atoms with E-state index >= 15 is 0 Å². The number of halogens is 2. The van der Waals surface area contributed by atoms with Crippen LogP contribution in [0.3, 0.4) is 0 Å². The fourth-order valence-corrected chi connectivity index (χ4v) is 2.46. The summed E-state index contributed by atoms with van der Waals surface area (Å²) in [6.07, 6.45) is -0.489. The Bertz CT molecular complexity index is 380. The van der Waals surface area contributed by atoms with Crippen molar-refractivity contribution in [1.29, 1.82) is 0 Å². The quantitative estimate of drug-likeness (QED) is 0.798. The molecule has 0 aliphatic heterocycles. The van der Waals surface area contributed by atoms with Crippen molar-refractivity contribution in [3.05, 3.63) is 28.7 Å². The van der Waals surface area contributed by atoms with E-state index in [4.69, 9.17) is 4.74 Å². The highest BCUT2D eigenvalue weighted by molar-refractivity contribution is 9.10. The summed E-state index contributed by atoms with van der Waals surface area (Å²) in [4.78, 5) is 2.26. The zero-order valence-electron chi connectivity index (χ0n) is 12.5. The minimum absolute atomic E-state index is 0. The van der Waals surface area contributed by atoms with Crippen LogP contribution in [0.25, 0.3) is 0 Å². The van der Waals surface area contributed by atoms with Crippen LogP contribution in [-0.2, 0) is 0 Å². The predicted octanol–water partition coefficient (Wildman–Crippen LogP) is 3.73. The van der Waals surface area contributed by atoms with E-state index in [1.807, 2.05) is 24.3 Å². The van der Waals surface area contributed by atoms with Gasteiger partial charge >= 0.3 is 0 Å². The molecule has 0 amide bonds. The summed E-state index contributed by atoms with van der Waals surface area (Å²) >= 11 is 3.43. The van der Waals surface area contributed by atoms with Crippen LogP contribution in [0.5, 0.6) is 5.75 Å². The first kappa shape index (κ1) is 19.7. The van der Waals surface area contributed by atoms with Gasteiger partial charge in [-0.25, -0.2) is 0 Å². The molecule has 0 aromatic heterocycles. The molecule has 1 N–H and O–H groups in total. The van der Waals surface area contributed by atoms with Crippen molar-refractivity contribution < 1.29 is 9.84 Å². The second-order valence-corrected chi connectivity index (χ2v) is 6.13. The van der Waals surface area contributed by atoms with Crippen molar-refractivity contribution in [2.24, 2.45) is 0 Å². The highest BCUT2D eigenvalue weighted by atomic mass is 79.9. The lowest BCUT2D eigenvalue weighted by Gasteiger charge is -2.32. The number of hydrogen-bond acceptors (Lipinski definition) is 3. The average Bonchev–Trinajstić information content (AvgIpc) is 2.34. The monoisotopic (exact) mass is 365 g/mol. The first-order valence-corrected chi connectivity index (χ1v) is 7.52. The number of benzene rings is 1. The largest absolute Gasteiger partial charge is 0.490 e. The number of hydrogen-bond donors (Lipinski definition) is 1. The number of rotatable bonds is 7. The van der Waals surface area contributed by atoms with Gasteiger partial charge in [-0.2, -0.15) is 0 Å². The Morgan fingerprint density at radius 1 is 1.15 bits per heavy atom. The fraction of sp³-hybridized carbons (Fsp3) is 0.600. The molecule has 1 atom stereocenters. The van der Waals surface area contributed by atoms with Gasteiger partial charge in [0.2, 0.25) is 0 Å². The van der Waals surface area contributed by atoms with E-state index in [-0.39, 0.29) is 12.4 Å². The molecule has 1 aromatic carbocycles. The molecule has 1 aromatic rings. The summed E-state index contributed by atoms with van der Waals surface area (Å²) in [7, 11) is 0. The van der Waals surface area contributed by atoms with Crippen LogP contribution in [0.15, 0.2) is 28.7 Å². The molecule has 0 saturated heterocycles. The van der Waals surface area contributed by atoms with Crippen LogP contribution in [0.2, 0.25) is 0 Å². The molecule has 0 aliphatic rings. The molecule has 0 radical (unpaired) electrons. The second-order valence-electron chi connectivity index (χ2n) is 5.28. The standard InChI is InChI=1S/C15H24BrNO2.ClH/c1-11(2)17(12(3)4)9-13(18)10-19-15-8-6-5-7-14(15)16;/h5-8,11-13,18H,9-10H2,1-4H3;1H. The molecule has 5 heteroatoms. The summed E-state index contributed by atoms with van der Waals surface area (Å²) in [5.41, 5.74) is 0. The highest BCUT2D eigenvalue weighted by Gasteiger charge is 2.18. The lowest BCUT2D eigenvalue weighted by atomic mass is 10.2. The molecule has 0 heterocycles. The zero-order chi connectivity index (χ0) is 14.4. The smallest absolute Gasteiger partial charge is 0.133 e. The van der Waals surface area contributed by atoms with Gasteiger partial charge in [0, 0.05) is 18.6 Å². The molecule has 0 fully saturated rings. The third-order valence-corrected chi connectivity index (χ3v) is 3.67. The van der Waals surface area contributed by atoms with Crippen molar-refractivity contribution in [3.63, 3.8) is 0 Å². The van der Waals surface area contributed by atoms with Gasteiger partial charge in [0.1, 0.15) is 18.5 Å². The Hall–Kier alpha value is -0.290. The van der Waals surface area contributed by atoms with Crippen LogP contribution in [0, 0.1) is 0 Å². The summed E-state index contributed by atoms with van der Waals surface area (Å²) in [5, 5.41) is 10.1. The van der Waals surface area contributed by atoms with Crippen LogP contribution >= 0.6 is 28.3 Å². The number of nitrogens with zero attached hydrogens (tertiary/aromatic N) is 1. The molecule has 0 spiro atoms. The van der Waals surface area contributed by atoms with E-state index in [9.17, 15) is 5.11 Å². The van der Waals surface area contributed by atoms with Crippen LogP contribution in [0.1, 0.15) is 27.7 Å². The van der Waals surface area contributed by atoms with Crippen molar-refractivity contribution in [3.8, 4) is 5.75 Å². The molecule has 20 heavy (non-hydrogen) atoms. The van der Waals surface area contributed by atoms with E-state index in [0.717, 1.165) is 10.2 Å². The second kappa shape index (κ2) is 9.61. The van der Waals surface area contributed by atoms with Gasteiger partial charge in [0.25, 0.3) is 0 Å². The molecular formula is C15H25BrClNO2. The number of aliphatic hydroxyl groups excluding tert-OH is 1. The first-order chi connectivity index (χ1) is 8.91. The lowest BCUT2D eigenvalue weighted by molar-refractivity contribution is 0.0443. The number of ether oxygens (including phenoxy) is 1. The molecule has 0 saturated carbocycles. The van der Waals surface area contributed by atoms with E-state index < -0.39 is 6.10 Å². The Labute approximate surface area is 136 Å². The first-order valence-electron chi connectivity index (χ1n) is 6.73. The molecule has 1 unspecified atom stereocenters. The van der Waals surface area contributed by atoms with Crippen molar-refractivity contribution >= 4 is 28.3 Å². The topological polar surface area (TPSA) is 32.7 Å². The van der Waals surface area contributed by atoms with Gasteiger partial charge in [-0.3, -0.25) is 4.90 Å². The molecule has 116 valence electrons. The summed E-state index contributed by atoms with van der Waals surface area (Å²) in [6, 6.07) is 8.50. The summed E-state index contributed by atoms with van der Waals surface area (Å²) in [5.74, 6) is 0.766. The molecular weight excluding hydrogens is 342 g/mol. The summed E-state index contributed by atoms with van der Waals surface area (Å²) in [6.45, 7) is 9.49. The normalized spacial score (nSPS) is 12.7. The van der Waals surface area contributed by atoms with Crippen molar-refractivity contribution in [2.45, 2.75) is 45.9 Å². The maximum atomic E-state index is 10.1. The Morgan fingerprint density at radius 3 is 2.20 bits per heavy atom. The predicted molar refractivity (Wildman–Crippen MR) is 89.9 cm³/mol. The van der Waals surface area contributed by atoms with Crippen molar-refractivity contribution in [1.82, 2.24) is 4.90 Å². The van der Waals surface area contributed by atoms with E-state index in [0.29, 0.717) is 25.2 Å². The third kappa shape index (κ3) is 6.44. The fourth-order valence-electron chi connectivity index (χ4n) is 2.06. The van der Waals surface area contributed by atoms with Gasteiger partial charge in [-0.1, -0.05) is 12.1 Å². The van der Waals surface area contributed by atoms with Crippen molar-refractivity contribution in [2.75, 3.05) is 13.2 Å². The van der Waals surface area contributed by atoms with Gasteiger partial charge in [0.05, 0.1) is 4.47 Å². The average molecular weight is 367 g/mol. The van der Waals surface area contributed by atoms with E-state index in [1.54, 1.807) is 0 Å². The van der Waals surface area contributed by atoms with Gasteiger partial charge in [-0.05, 0) is 55.8 Å². The molecule has 3 nitrogen and oxygen atoms in total. The molecule has 0 bridgehead atoms. The third-order valence-electron chi connectivity index (χ3n) is 3.02. The molecule has 0 aliphatic carbocycles. The van der Waals surface area contributed by atoms with Gasteiger partial charge in [-0.15, -0.1) is 12.4 Å². The lowest BCUT2D eigenvalue weighted by Crippen LogP contribution is -2.43. The van der Waals surface area contributed by atoms with E-state index in [1.165, 1.54) is 0 Å². The Morgan fingerprint density at radius 2 is 1.70 bits per heavy atom. The number of aliphatic hydroxyl groups is 1. The SMILES string of the molecule is CC(C)N(CC(O)COc1ccccc1Br)C(C)C.Cl. The highest BCUT2D eigenvalue weighted by Crippen LogP contribution is 2.23. The minimum Gasteiger partial charge on any atom is -0.490 e. The van der Waals surface area contributed by atoms with Gasteiger partial charge in [0.15, 0.2) is 0 Å². The Balaban J connectivity index is 0.00000361. The van der Waals surface area contributed by atoms with Crippen LogP contribution < -0.4 is 4.74 Å². The van der Waals surface area contributed by atoms with Gasteiger partial charge < -0.3 is 9.84 Å². The van der Waals surface area contributed by atoms with E-state index in [2.05, 4.69) is 48.5 Å². The van der Waals surface area contributed by atoms with Crippen LogP contribution in [0.4, 0.5) is 0 Å². The zero-order valence-corrected chi connectivity index (χ0v) is 14.9.